The largest absolute Gasteiger partial charge is 0.369 e. The molecule has 0 aliphatic carbocycles. The highest BCUT2D eigenvalue weighted by Gasteiger charge is 2.42. The molecule has 1 spiro atoms. The third kappa shape index (κ3) is 3.08. The minimum atomic E-state index is -3.25. The molecule has 1 aromatic carbocycles. The standard InChI is InChI=1S/C19H21NO4S2/c1-26(22,23)16-4-2-15(3-5-16)18(21)20-10-8-19(9-11-20)17-14(6-12-24-19)7-13-25-17/h2-5,7,13H,6,8-12H2,1H3. The number of thiophene rings is 1. The molecular weight excluding hydrogens is 370 g/mol. The maximum absolute atomic E-state index is 12.8. The normalized spacial score (nSPS) is 19.3. The predicted octanol–water partition coefficient (Wildman–Crippen LogP) is 2.86. The Hall–Kier alpha value is -1.70. The number of sulfone groups is 1. The predicted molar refractivity (Wildman–Crippen MR) is 100 cm³/mol. The highest BCUT2D eigenvalue weighted by atomic mass is 32.2. The van der Waals surface area contributed by atoms with Crippen molar-refractivity contribution in [1.82, 2.24) is 4.90 Å². The summed E-state index contributed by atoms with van der Waals surface area (Å²) in [4.78, 5) is 16.2. The Balaban J connectivity index is 1.48. The van der Waals surface area contributed by atoms with E-state index < -0.39 is 9.84 Å². The summed E-state index contributed by atoms with van der Waals surface area (Å²) in [6, 6.07) is 8.37. The number of carbonyl (C=O) groups excluding carboxylic acids is 1. The van der Waals surface area contributed by atoms with Gasteiger partial charge in [0.1, 0.15) is 5.60 Å². The Morgan fingerprint density at radius 1 is 1.15 bits per heavy atom. The summed E-state index contributed by atoms with van der Waals surface area (Å²) in [6.45, 7) is 2.03. The van der Waals surface area contributed by atoms with E-state index in [2.05, 4.69) is 11.4 Å². The van der Waals surface area contributed by atoms with Gasteiger partial charge in [-0.15, -0.1) is 11.3 Å². The van der Waals surface area contributed by atoms with E-state index in [1.54, 1.807) is 23.5 Å². The second kappa shape index (κ2) is 6.48. The van der Waals surface area contributed by atoms with Crippen molar-refractivity contribution in [2.24, 2.45) is 0 Å². The van der Waals surface area contributed by atoms with E-state index in [0.29, 0.717) is 18.7 Å². The molecule has 1 amide bonds. The molecule has 1 saturated heterocycles. The number of likely N-dealkylation sites (tertiary alicyclic amines) is 1. The minimum Gasteiger partial charge on any atom is -0.369 e. The van der Waals surface area contributed by atoms with Crippen LogP contribution in [0.3, 0.4) is 0 Å². The molecular formula is C19H21NO4S2. The fourth-order valence-electron chi connectivity index (χ4n) is 3.82. The zero-order valence-electron chi connectivity index (χ0n) is 14.6. The third-order valence-corrected chi connectivity index (χ3v) is 7.57. The fraction of sp³-hybridized carbons (Fsp3) is 0.421. The second-order valence-corrected chi connectivity index (χ2v) is 9.89. The lowest BCUT2D eigenvalue weighted by Gasteiger charge is -2.43. The maximum atomic E-state index is 12.8. The van der Waals surface area contributed by atoms with Gasteiger partial charge in [0.15, 0.2) is 9.84 Å². The third-order valence-electron chi connectivity index (χ3n) is 5.30. The summed E-state index contributed by atoms with van der Waals surface area (Å²) in [5, 5.41) is 2.13. The number of hydrogen-bond acceptors (Lipinski definition) is 5. The van der Waals surface area contributed by atoms with Crippen molar-refractivity contribution >= 4 is 27.1 Å². The Morgan fingerprint density at radius 2 is 1.85 bits per heavy atom. The Labute approximate surface area is 157 Å². The van der Waals surface area contributed by atoms with Crippen LogP contribution in [0.4, 0.5) is 0 Å². The average molecular weight is 392 g/mol. The fourth-order valence-corrected chi connectivity index (χ4v) is 5.62. The van der Waals surface area contributed by atoms with Gasteiger partial charge in [-0.1, -0.05) is 0 Å². The van der Waals surface area contributed by atoms with Crippen LogP contribution < -0.4 is 0 Å². The van der Waals surface area contributed by atoms with Crippen molar-refractivity contribution < 1.29 is 17.9 Å². The topological polar surface area (TPSA) is 63.7 Å². The van der Waals surface area contributed by atoms with E-state index in [1.807, 2.05) is 4.90 Å². The molecule has 5 nitrogen and oxygen atoms in total. The quantitative estimate of drug-likeness (QED) is 0.790. The summed E-state index contributed by atoms with van der Waals surface area (Å²) in [7, 11) is -3.25. The first-order valence-electron chi connectivity index (χ1n) is 8.69. The number of piperidine rings is 1. The first-order valence-corrected chi connectivity index (χ1v) is 11.5. The maximum Gasteiger partial charge on any atom is 0.253 e. The van der Waals surface area contributed by atoms with Crippen molar-refractivity contribution in [3.05, 3.63) is 51.7 Å². The SMILES string of the molecule is CS(=O)(=O)c1ccc(C(=O)N2CCC3(CC2)OCCc2ccsc23)cc1. The van der Waals surface area contributed by atoms with Crippen LogP contribution in [-0.2, 0) is 26.6 Å². The number of nitrogens with zero attached hydrogens (tertiary/aromatic N) is 1. The molecule has 0 radical (unpaired) electrons. The molecule has 138 valence electrons. The smallest absolute Gasteiger partial charge is 0.253 e. The van der Waals surface area contributed by atoms with Crippen molar-refractivity contribution in [2.75, 3.05) is 26.0 Å². The van der Waals surface area contributed by atoms with Gasteiger partial charge in [-0.2, -0.15) is 0 Å². The number of amides is 1. The summed E-state index contributed by atoms with van der Waals surface area (Å²) in [5.74, 6) is -0.0536. The molecule has 3 heterocycles. The molecule has 2 aromatic rings. The molecule has 0 saturated carbocycles. The molecule has 0 unspecified atom stereocenters. The number of benzene rings is 1. The molecule has 26 heavy (non-hydrogen) atoms. The van der Waals surface area contributed by atoms with Gasteiger partial charge >= 0.3 is 0 Å². The Morgan fingerprint density at radius 3 is 2.50 bits per heavy atom. The van der Waals surface area contributed by atoms with Gasteiger partial charge in [-0.3, -0.25) is 4.79 Å². The average Bonchev–Trinajstić information content (AvgIpc) is 3.12. The van der Waals surface area contributed by atoms with Gasteiger partial charge < -0.3 is 9.64 Å². The van der Waals surface area contributed by atoms with Crippen molar-refractivity contribution in [3.8, 4) is 0 Å². The van der Waals surface area contributed by atoms with E-state index in [-0.39, 0.29) is 16.4 Å². The zero-order chi connectivity index (χ0) is 18.4. The first kappa shape index (κ1) is 17.7. The zero-order valence-corrected chi connectivity index (χ0v) is 16.2. The van der Waals surface area contributed by atoms with Crippen LogP contribution in [0.25, 0.3) is 0 Å². The van der Waals surface area contributed by atoms with Gasteiger partial charge in [-0.05, 0) is 60.5 Å². The summed E-state index contributed by atoms with van der Waals surface area (Å²) >= 11 is 1.76. The molecule has 0 atom stereocenters. The highest BCUT2D eigenvalue weighted by molar-refractivity contribution is 7.90. The van der Waals surface area contributed by atoms with Gasteiger partial charge in [0, 0.05) is 29.8 Å². The lowest BCUT2D eigenvalue weighted by Crippen LogP contribution is -2.47. The van der Waals surface area contributed by atoms with Crippen molar-refractivity contribution in [1.29, 1.82) is 0 Å². The lowest BCUT2D eigenvalue weighted by atomic mass is 9.85. The monoisotopic (exact) mass is 391 g/mol. The second-order valence-electron chi connectivity index (χ2n) is 6.96. The molecule has 0 N–H and O–H groups in total. The number of ether oxygens (including phenoxy) is 1. The van der Waals surface area contributed by atoms with Gasteiger partial charge in [0.05, 0.1) is 11.5 Å². The number of fused-ring (bicyclic) bond motifs is 2. The van der Waals surface area contributed by atoms with Crippen LogP contribution in [0.15, 0.2) is 40.6 Å². The van der Waals surface area contributed by atoms with Crippen LogP contribution in [-0.4, -0.2) is 45.2 Å². The lowest BCUT2D eigenvalue weighted by molar-refractivity contribution is -0.0906. The Kier molecular flexibility index (Phi) is 4.41. The molecule has 1 fully saturated rings. The van der Waals surface area contributed by atoms with E-state index in [9.17, 15) is 13.2 Å². The van der Waals surface area contributed by atoms with E-state index in [1.165, 1.54) is 22.6 Å². The molecule has 1 aromatic heterocycles. The van der Waals surface area contributed by atoms with E-state index >= 15 is 0 Å². The van der Waals surface area contributed by atoms with Crippen LogP contribution in [0.1, 0.15) is 33.6 Å². The minimum absolute atomic E-state index is 0.0536. The number of carbonyl (C=O) groups is 1. The van der Waals surface area contributed by atoms with Crippen LogP contribution in [0, 0.1) is 0 Å². The summed E-state index contributed by atoms with van der Waals surface area (Å²) in [6.07, 6.45) is 3.73. The number of hydrogen-bond donors (Lipinski definition) is 0. The Bertz CT molecular complexity index is 923. The molecule has 2 aliphatic rings. The van der Waals surface area contributed by atoms with E-state index in [4.69, 9.17) is 4.74 Å². The molecule has 7 heteroatoms. The van der Waals surface area contributed by atoms with Gasteiger partial charge in [0.25, 0.3) is 5.91 Å². The summed E-state index contributed by atoms with van der Waals surface area (Å²) < 4.78 is 29.3. The number of rotatable bonds is 2. The van der Waals surface area contributed by atoms with Crippen LogP contribution >= 0.6 is 11.3 Å². The first-order chi connectivity index (χ1) is 12.4. The summed E-state index contributed by atoms with van der Waals surface area (Å²) in [5.41, 5.74) is 1.67. The highest BCUT2D eigenvalue weighted by Crippen LogP contribution is 2.44. The molecule has 4 rings (SSSR count). The van der Waals surface area contributed by atoms with Crippen LogP contribution in [0.2, 0.25) is 0 Å². The van der Waals surface area contributed by atoms with Gasteiger partial charge in [-0.25, -0.2) is 8.42 Å². The van der Waals surface area contributed by atoms with Gasteiger partial charge in [0.2, 0.25) is 0 Å². The van der Waals surface area contributed by atoms with Crippen LogP contribution in [0.5, 0.6) is 0 Å². The van der Waals surface area contributed by atoms with Crippen molar-refractivity contribution in [3.63, 3.8) is 0 Å². The van der Waals surface area contributed by atoms with Crippen molar-refractivity contribution in [2.45, 2.75) is 29.8 Å². The van der Waals surface area contributed by atoms with E-state index in [0.717, 1.165) is 32.1 Å². The molecule has 2 aliphatic heterocycles. The molecule has 0 bridgehead atoms.